The minimum absolute atomic E-state index is 0.00258. The molecule has 0 saturated carbocycles. The summed E-state index contributed by atoms with van der Waals surface area (Å²) in [7, 11) is 1.64. The molecule has 2 N–H and O–H groups in total. The SMILES string of the molecule is COc1ccc2c(c1)C(NC(=O)CCc1ccc3c(c1)CN(C(C)C)CC(=O)NCCCCCO3)CC(C)(C)O2. The summed E-state index contributed by atoms with van der Waals surface area (Å²) in [5.74, 6) is 2.43. The summed E-state index contributed by atoms with van der Waals surface area (Å²) in [4.78, 5) is 27.8. The summed E-state index contributed by atoms with van der Waals surface area (Å²) in [5, 5.41) is 6.29. The number of amides is 2. The number of carbonyl (C=O) groups excluding carboxylic acids is 2. The van der Waals surface area contributed by atoms with Crippen molar-refractivity contribution in [2.75, 3.05) is 26.8 Å². The second kappa shape index (κ2) is 13.4. The van der Waals surface area contributed by atoms with Crippen molar-refractivity contribution in [3.8, 4) is 17.2 Å². The van der Waals surface area contributed by atoms with Crippen LogP contribution in [-0.4, -0.2) is 55.2 Å². The topological polar surface area (TPSA) is 89.1 Å². The van der Waals surface area contributed by atoms with E-state index < -0.39 is 0 Å². The van der Waals surface area contributed by atoms with Crippen molar-refractivity contribution in [1.29, 1.82) is 0 Å². The van der Waals surface area contributed by atoms with Gasteiger partial charge in [0, 0.05) is 43.1 Å². The number of benzene rings is 2. The summed E-state index contributed by atoms with van der Waals surface area (Å²) in [5.41, 5.74) is 2.68. The molecule has 2 aliphatic heterocycles. The highest BCUT2D eigenvalue weighted by molar-refractivity contribution is 5.78. The number of fused-ring (bicyclic) bond motifs is 2. The summed E-state index contributed by atoms with van der Waals surface area (Å²) >= 11 is 0. The van der Waals surface area contributed by atoms with Gasteiger partial charge in [0.15, 0.2) is 0 Å². The Labute approximate surface area is 238 Å². The Morgan fingerprint density at radius 2 is 1.93 bits per heavy atom. The predicted molar refractivity (Wildman–Crippen MR) is 156 cm³/mol. The Kier molecular flexibility index (Phi) is 9.95. The average molecular weight is 552 g/mol. The van der Waals surface area contributed by atoms with Gasteiger partial charge in [-0.3, -0.25) is 14.5 Å². The van der Waals surface area contributed by atoms with E-state index >= 15 is 0 Å². The number of nitrogens with one attached hydrogen (secondary N) is 2. The van der Waals surface area contributed by atoms with E-state index in [0.29, 0.717) is 45.5 Å². The summed E-state index contributed by atoms with van der Waals surface area (Å²) in [6, 6.07) is 12.0. The maximum atomic E-state index is 13.2. The molecular formula is C32H45N3O5. The highest BCUT2D eigenvalue weighted by Crippen LogP contribution is 2.41. The standard InChI is InChI=1S/C32H45N3O5/c1-22(2)35-20-24-17-23(9-12-28(24)39-16-8-6-7-15-33-31(37)21-35)10-14-30(36)34-27-19-32(3,4)40-29-13-11-25(38-5)18-26(27)29/h9,11-13,17-18,22,27H,6-8,10,14-16,19-21H2,1-5H3,(H,33,37)(H,34,36). The van der Waals surface area contributed by atoms with E-state index in [1.165, 1.54) is 0 Å². The van der Waals surface area contributed by atoms with Crippen molar-refractivity contribution >= 4 is 11.8 Å². The van der Waals surface area contributed by atoms with Crippen LogP contribution in [0.25, 0.3) is 0 Å². The lowest BCUT2D eigenvalue weighted by atomic mass is 9.89. The molecule has 0 aliphatic carbocycles. The van der Waals surface area contributed by atoms with Gasteiger partial charge < -0.3 is 24.8 Å². The van der Waals surface area contributed by atoms with Gasteiger partial charge >= 0.3 is 0 Å². The molecule has 0 aromatic heterocycles. The van der Waals surface area contributed by atoms with E-state index in [9.17, 15) is 9.59 Å². The fraction of sp³-hybridized carbons (Fsp3) is 0.562. The first-order valence-electron chi connectivity index (χ1n) is 14.6. The Hall–Kier alpha value is -3.26. The molecule has 4 rings (SSSR count). The van der Waals surface area contributed by atoms with Gasteiger partial charge in [-0.1, -0.05) is 12.1 Å². The molecule has 8 nitrogen and oxygen atoms in total. The number of methoxy groups -OCH3 is 1. The van der Waals surface area contributed by atoms with Crippen molar-refractivity contribution in [2.45, 2.75) is 90.4 Å². The first-order valence-corrected chi connectivity index (χ1v) is 14.6. The normalized spacial score (nSPS) is 19.9. The van der Waals surface area contributed by atoms with Crippen LogP contribution in [0.5, 0.6) is 17.2 Å². The van der Waals surface area contributed by atoms with Crippen LogP contribution in [0.4, 0.5) is 0 Å². The number of nitrogens with zero attached hydrogens (tertiary/aromatic N) is 1. The van der Waals surface area contributed by atoms with Gasteiger partial charge in [0.25, 0.3) is 0 Å². The summed E-state index contributed by atoms with van der Waals surface area (Å²) < 4.78 is 17.7. The number of rotatable bonds is 6. The second-order valence-electron chi connectivity index (χ2n) is 11.8. The van der Waals surface area contributed by atoms with E-state index in [0.717, 1.165) is 53.2 Å². The quantitative estimate of drug-likeness (QED) is 0.529. The van der Waals surface area contributed by atoms with Crippen LogP contribution in [0, 0.1) is 0 Å². The zero-order valence-corrected chi connectivity index (χ0v) is 24.7. The fourth-order valence-electron chi connectivity index (χ4n) is 5.36. The fourth-order valence-corrected chi connectivity index (χ4v) is 5.36. The third-order valence-electron chi connectivity index (χ3n) is 7.63. The Morgan fingerprint density at radius 3 is 2.70 bits per heavy atom. The van der Waals surface area contributed by atoms with E-state index in [4.69, 9.17) is 14.2 Å². The van der Waals surface area contributed by atoms with Gasteiger partial charge in [-0.05, 0) is 83.2 Å². The van der Waals surface area contributed by atoms with E-state index in [1.807, 2.05) is 44.2 Å². The van der Waals surface area contributed by atoms with Crippen LogP contribution in [-0.2, 0) is 22.6 Å². The lowest BCUT2D eigenvalue weighted by Gasteiger charge is -2.38. The zero-order valence-electron chi connectivity index (χ0n) is 24.7. The Balaban J connectivity index is 1.46. The first kappa shape index (κ1) is 29.7. The molecule has 0 bridgehead atoms. The number of aryl methyl sites for hydroxylation is 1. The highest BCUT2D eigenvalue weighted by atomic mass is 16.5. The molecule has 218 valence electrons. The van der Waals surface area contributed by atoms with Crippen LogP contribution >= 0.6 is 0 Å². The molecule has 40 heavy (non-hydrogen) atoms. The Bertz CT molecular complexity index is 1180. The lowest BCUT2D eigenvalue weighted by molar-refractivity contribution is -0.123. The predicted octanol–water partition coefficient (Wildman–Crippen LogP) is 4.94. The molecule has 2 amide bonds. The second-order valence-corrected chi connectivity index (χ2v) is 11.8. The minimum Gasteiger partial charge on any atom is -0.497 e. The molecule has 0 fully saturated rings. The van der Waals surface area contributed by atoms with Gasteiger partial charge in [-0.25, -0.2) is 0 Å². The van der Waals surface area contributed by atoms with Crippen LogP contribution in [0.15, 0.2) is 36.4 Å². The van der Waals surface area contributed by atoms with Crippen molar-refractivity contribution in [2.24, 2.45) is 0 Å². The number of hydrogen-bond acceptors (Lipinski definition) is 6. The summed E-state index contributed by atoms with van der Waals surface area (Å²) in [6.07, 6.45) is 4.57. The average Bonchev–Trinajstić information content (AvgIpc) is 2.92. The van der Waals surface area contributed by atoms with Crippen LogP contribution in [0.2, 0.25) is 0 Å². The van der Waals surface area contributed by atoms with E-state index in [2.05, 4.69) is 35.4 Å². The third-order valence-corrected chi connectivity index (χ3v) is 7.63. The number of carbonyl (C=O) groups is 2. The maximum Gasteiger partial charge on any atom is 0.234 e. The minimum atomic E-state index is -0.386. The molecule has 0 saturated heterocycles. The lowest BCUT2D eigenvalue weighted by Crippen LogP contribution is -2.41. The molecular weight excluding hydrogens is 506 g/mol. The van der Waals surface area contributed by atoms with Crippen molar-refractivity contribution in [3.63, 3.8) is 0 Å². The van der Waals surface area contributed by atoms with Crippen LogP contribution in [0.3, 0.4) is 0 Å². The zero-order chi connectivity index (χ0) is 28.7. The van der Waals surface area contributed by atoms with Gasteiger partial charge in [0.1, 0.15) is 22.8 Å². The van der Waals surface area contributed by atoms with Gasteiger partial charge in [-0.15, -0.1) is 0 Å². The molecule has 0 spiro atoms. The highest BCUT2D eigenvalue weighted by Gasteiger charge is 2.34. The molecule has 2 aromatic carbocycles. The van der Waals surface area contributed by atoms with E-state index in [1.54, 1.807) is 7.11 Å². The molecule has 2 aromatic rings. The van der Waals surface area contributed by atoms with E-state index in [-0.39, 0.29) is 29.5 Å². The van der Waals surface area contributed by atoms with Crippen molar-refractivity contribution in [1.82, 2.24) is 15.5 Å². The van der Waals surface area contributed by atoms with Crippen LogP contribution < -0.4 is 24.8 Å². The molecule has 1 atom stereocenters. The largest absolute Gasteiger partial charge is 0.497 e. The van der Waals surface area contributed by atoms with Gasteiger partial charge in [-0.2, -0.15) is 0 Å². The van der Waals surface area contributed by atoms with Gasteiger partial charge in [0.2, 0.25) is 11.8 Å². The smallest absolute Gasteiger partial charge is 0.234 e. The third kappa shape index (κ3) is 8.13. The maximum absolute atomic E-state index is 13.2. The van der Waals surface area contributed by atoms with Crippen LogP contribution in [0.1, 0.15) is 82.5 Å². The summed E-state index contributed by atoms with van der Waals surface area (Å²) in [6.45, 7) is 10.6. The Morgan fingerprint density at radius 1 is 1.12 bits per heavy atom. The molecule has 8 heteroatoms. The molecule has 2 aliphatic rings. The van der Waals surface area contributed by atoms with Crippen molar-refractivity contribution < 1.29 is 23.8 Å². The van der Waals surface area contributed by atoms with Crippen molar-refractivity contribution in [3.05, 3.63) is 53.1 Å². The molecule has 0 radical (unpaired) electrons. The first-order chi connectivity index (χ1) is 19.1. The number of ether oxygens (including phenoxy) is 3. The monoisotopic (exact) mass is 551 g/mol. The molecule has 1 unspecified atom stereocenters. The van der Waals surface area contributed by atoms with Gasteiger partial charge in [0.05, 0.1) is 26.3 Å². The number of hydrogen-bond donors (Lipinski definition) is 2. The molecule has 2 heterocycles.